The zero-order chi connectivity index (χ0) is 42.8. The Balaban J connectivity index is 0.000000245. The van der Waals surface area contributed by atoms with Gasteiger partial charge in [-0.25, -0.2) is 0 Å². The molecule has 0 atom stereocenters. The predicted molar refractivity (Wildman–Crippen MR) is 269 cm³/mol. The van der Waals surface area contributed by atoms with Gasteiger partial charge in [0.2, 0.25) is 0 Å². The number of nitrogens with zero attached hydrogens (tertiary/aromatic N) is 1. The summed E-state index contributed by atoms with van der Waals surface area (Å²) in [6.07, 6.45) is 8.87. The van der Waals surface area contributed by atoms with Gasteiger partial charge in [-0.1, -0.05) is 227 Å². The van der Waals surface area contributed by atoms with Crippen molar-refractivity contribution in [3.8, 4) is 44.5 Å². The van der Waals surface area contributed by atoms with E-state index in [1.54, 1.807) is 0 Å². The molecular formula is C60H57N. The first-order valence-corrected chi connectivity index (χ1v) is 21.6. The molecule has 2 aliphatic carbocycles. The smallest absolute Gasteiger partial charge is 0.0366 e. The normalized spacial score (nSPS) is 12.4. The number of para-hydroxylation sites is 1. The van der Waals surface area contributed by atoms with Crippen molar-refractivity contribution in [2.24, 2.45) is 0 Å². The third kappa shape index (κ3) is 8.98. The summed E-state index contributed by atoms with van der Waals surface area (Å²) in [6.45, 7) is 15.5. The van der Waals surface area contributed by atoms with Crippen LogP contribution in [0.25, 0.3) is 73.5 Å². The molecular weight excluding hydrogens is 735 g/mol. The van der Waals surface area contributed by atoms with E-state index >= 15 is 0 Å². The van der Waals surface area contributed by atoms with Gasteiger partial charge in [-0.15, -0.1) is 6.58 Å². The summed E-state index contributed by atoms with van der Waals surface area (Å²) >= 11 is 0. The number of hydrogen-bond acceptors (Lipinski definition) is 1. The molecule has 8 aromatic carbocycles. The fraction of sp³-hybridized carbons (Fsp3) is 0.133. The molecule has 8 aromatic rings. The quantitative estimate of drug-likeness (QED) is 0.115. The first kappa shape index (κ1) is 42.2. The predicted octanol–water partition coefficient (Wildman–Crippen LogP) is 16.7. The van der Waals surface area contributed by atoms with Gasteiger partial charge < -0.3 is 4.90 Å². The van der Waals surface area contributed by atoms with E-state index in [1.165, 1.54) is 88.8 Å². The zero-order valence-electron chi connectivity index (χ0n) is 36.6. The van der Waals surface area contributed by atoms with Gasteiger partial charge in [0, 0.05) is 24.7 Å². The number of allylic oxidation sites excluding steroid dienone is 1. The highest BCUT2D eigenvalue weighted by Crippen LogP contribution is 2.55. The molecule has 0 fully saturated rings. The number of fused-ring (bicyclic) bond motifs is 4. The summed E-state index contributed by atoms with van der Waals surface area (Å²) in [5, 5.41) is 2.65. The van der Waals surface area contributed by atoms with Crippen molar-refractivity contribution in [1.29, 1.82) is 0 Å². The summed E-state index contributed by atoms with van der Waals surface area (Å²) in [6, 6.07) is 66.9. The Hall–Kier alpha value is -6.96. The third-order valence-corrected chi connectivity index (χ3v) is 11.8. The van der Waals surface area contributed by atoms with E-state index in [2.05, 4.69) is 191 Å². The molecule has 0 unspecified atom stereocenters. The first-order chi connectivity index (χ1) is 29.8. The van der Waals surface area contributed by atoms with Crippen molar-refractivity contribution in [3.63, 3.8) is 0 Å². The lowest BCUT2D eigenvalue weighted by atomic mass is 9.81. The lowest BCUT2D eigenvalue weighted by molar-refractivity contribution is 0.639. The number of hydrogen-bond donors (Lipinski definition) is 0. The number of rotatable bonds is 7. The second-order valence-electron chi connectivity index (χ2n) is 15.9. The van der Waals surface area contributed by atoms with Crippen LogP contribution in [0.2, 0.25) is 0 Å². The standard InChI is InChI=1S/C42H32.C10H13N.C6H6.C2H6/c1-27-24-32-22-20-28(25-37(32)42(27,2)3)21-23-33-26-36(29-12-6-4-7-13-29)40-34-18-10-16-31-17-11-19-35(39(31)34)41(40)38(33)30-14-8-5-9-15-30;1-3-9-11(2)10-7-5-4-6-8-10;1-2-4-6-5-3-1;1-2/h4-26H,1-3H3;3-8H,1,9H2,2H3;1-6H;1-2H3/b23-21+;;;. The molecule has 1 heteroatoms. The van der Waals surface area contributed by atoms with Crippen molar-refractivity contribution in [1.82, 2.24) is 0 Å². The van der Waals surface area contributed by atoms with Gasteiger partial charge in [0.05, 0.1) is 0 Å². The molecule has 0 bridgehead atoms. The molecule has 0 aliphatic heterocycles. The van der Waals surface area contributed by atoms with Crippen LogP contribution in [0.4, 0.5) is 5.69 Å². The first-order valence-electron chi connectivity index (χ1n) is 21.6. The lowest BCUT2D eigenvalue weighted by Gasteiger charge is -2.22. The van der Waals surface area contributed by atoms with Gasteiger partial charge in [-0.3, -0.25) is 0 Å². The Bertz CT molecular complexity index is 2740. The molecule has 1 nitrogen and oxygen atoms in total. The van der Waals surface area contributed by atoms with Crippen LogP contribution in [0.5, 0.6) is 0 Å². The van der Waals surface area contributed by atoms with Crippen LogP contribution in [0.15, 0.2) is 206 Å². The summed E-state index contributed by atoms with van der Waals surface area (Å²) < 4.78 is 0. The second kappa shape index (κ2) is 19.4. The highest BCUT2D eigenvalue weighted by molar-refractivity contribution is 6.22. The molecule has 0 radical (unpaired) electrons. The maximum absolute atomic E-state index is 3.68. The van der Waals surface area contributed by atoms with Crippen molar-refractivity contribution in [2.75, 3.05) is 18.5 Å². The molecule has 0 aromatic heterocycles. The molecule has 0 spiro atoms. The fourth-order valence-corrected chi connectivity index (χ4v) is 8.43. The molecule has 10 rings (SSSR count). The fourth-order valence-electron chi connectivity index (χ4n) is 8.43. The average molecular weight is 792 g/mol. The van der Waals surface area contributed by atoms with Crippen LogP contribution in [0, 0.1) is 0 Å². The summed E-state index contributed by atoms with van der Waals surface area (Å²) in [5.74, 6) is 0. The van der Waals surface area contributed by atoms with Crippen molar-refractivity contribution in [3.05, 3.63) is 229 Å². The number of likely N-dealkylation sites (N-methyl/N-ethyl adjacent to an activating group) is 1. The average Bonchev–Trinajstić information content (AvgIpc) is 3.77. The molecule has 61 heavy (non-hydrogen) atoms. The molecule has 0 saturated heterocycles. The summed E-state index contributed by atoms with van der Waals surface area (Å²) in [7, 11) is 2.05. The van der Waals surface area contributed by atoms with E-state index in [-0.39, 0.29) is 5.41 Å². The van der Waals surface area contributed by atoms with Gasteiger partial charge >= 0.3 is 0 Å². The van der Waals surface area contributed by atoms with E-state index in [4.69, 9.17) is 0 Å². The van der Waals surface area contributed by atoms with Gasteiger partial charge in [-0.2, -0.15) is 0 Å². The Morgan fingerprint density at radius 3 is 1.67 bits per heavy atom. The van der Waals surface area contributed by atoms with Crippen molar-refractivity contribution >= 4 is 34.7 Å². The largest absolute Gasteiger partial charge is 0.371 e. The van der Waals surface area contributed by atoms with E-state index in [0.717, 1.165) is 6.54 Å². The van der Waals surface area contributed by atoms with Crippen LogP contribution in [-0.4, -0.2) is 13.6 Å². The minimum Gasteiger partial charge on any atom is -0.371 e. The number of anilines is 1. The van der Waals surface area contributed by atoms with E-state index in [9.17, 15) is 0 Å². The van der Waals surface area contributed by atoms with Crippen LogP contribution in [0.3, 0.4) is 0 Å². The Labute approximate surface area is 364 Å². The molecule has 0 heterocycles. The van der Waals surface area contributed by atoms with Crippen LogP contribution < -0.4 is 4.90 Å². The van der Waals surface area contributed by atoms with Crippen LogP contribution >= 0.6 is 0 Å². The van der Waals surface area contributed by atoms with Gasteiger partial charge in [0.15, 0.2) is 0 Å². The third-order valence-electron chi connectivity index (χ3n) is 11.8. The van der Waals surface area contributed by atoms with Crippen molar-refractivity contribution in [2.45, 2.75) is 40.0 Å². The Morgan fingerprint density at radius 1 is 0.541 bits per heavy atom. The summed E-state index contributed by atoms with van der Waals surface area (Å²) in [4.78, 5) is 2.15. The molecule has 0 N–H and O–H groups in total. The van der Waals surface area contributed by atoms with Crippen LogP contribution in [-0.2, 0) is 5.41 Å². The maximum Gasteiger partial charge on any atom is 0.0366 e. The molecule has 0 saturated carbocycles. The minimum atomic E-state index is 0.0624. The Morgan fingerprint density at radius 2 is 1.08 bits per heavy atom. The van der Waals surface area contributed by atoms with Gasteiger partial charge in [0.1, 0.15) is 0 Å². The van der Waals surface area contributed by atoms with E-state index in [0.29, 0.717) is 0 Å². The van der Waals surface area contributed by atoms with E-state index in [1.807, 2.05) is 74.5 Å². The molecule has 302 valence electrons. The SMILES string of the molecule is C=CCN(C)c1ccccc1.CC.CC1=Cc2ccc(/C=C/c3cc(-c4ccccc4)c4c(c3-c3ccccc3)-c3cccc5cccc-4c35)cc2C1(C)C.c1ccccc1. The Kier molecular flexibility index (Phi) is 13.4. The topological polar surface area (TPSA) is 3.24 Å². The van der Waals surface area contributed by atoms with Crippen LogP contribution in [0.1, 0.15) is 56.9 Å². The molecule has 0 amide bonds. The lowest BCUT2D eigenvalue weighted by Crippen LogP contribution is -2.15. The molecule has 2 aliphatic rings. The van der Waals surface area contributed by atoms with Crippen molar-refractivity contribution < 1.29 is 0 Å². The number of benzene rings is 8. The second-order valence-corrected chi connectivity index (χ2v) is 15.9. The highest BCUT2D eigenvalue weighted by Gasteiger charge is 2.31. The minimum absolute atomic E-state index is 0.0624. The monoisotopic (exact) mass is 791 g/mol. The van der Waals surface area contributed by atoms with Gasteiger partial charge in [-0.05, 0) is 103 Å². The summed E-state index contributed by atoms with van der Waals surface area (Å²) in [5.41, 5.74) is 18.3. The highest BCUT2D eigenvalue weighted by atomic mass is 15.1. The van der Waals surface area contributed by atoms with Gasteiger partial charge in [0.25, 0.3) is 0 Å². The zero-order valence-corrected chi connectivity index (χ0v) is 36.6. The van der Waals surface area contributed by atoms with E-state index < -0.39 is 0 Å². The maximum atomic E-state index is 3.68.